The molecule has 0 saturated carbocycles. The number of unbranched alkanes of at least 4 members (excludes halogenated alkanes) is 4. The molecule has 4 nitrogen and oxygen atoms in total. The van der Waals surface area contributed by atoms with E-state index in [1.54, 1.807) is 0 Å². The van der Waals surface area contributed by atoms with Crippen molar-refractivity contribution in [3.63, 3.8) is 0 Å². The lowest BCUT2D eigenvalue weighted by molar-refractivity contribution is 0.293. The lowest BCUT2D eigenvalue weighted by Gasteiger charge is -2.06. The van der Waals surface area contributed by atoms with Gasteiger partial charge in [0.25, 0.3) is 0 Å². The summed E-state index contributed by atoms with van der Waals surface area (Å²) in [5, 5.41) is 3.14. The van der Waals surface area contributed by atoms with Crippen LogP contribution in [-0.2, 0) is 0 Å². The third-order valence-corrected chi connectivity index (χ3v) is 2.50. The lowest BCUT2D eigenvalue weighted by atomic mass is 10.2. The van der Waals surface area contributed by atoms with Gasteiger partial charge in [0.05, 0.1) is 6.61 Å². The standard InChI is InChI=1S/C13H23N3O/c1-3-5-6-7-8-9-17-13-10-12(14-4-2)15-11-16-13/h10-11H,3-9H2,1-2H3,(H,14,15,16). The van der Waals surface area contributed by atoms with Crippen LogP contribution in [0.3, 0.4) is 0 Å². The van der Waals surface area contributed by atoms with E-state index >= 15 is 0 Å². The first-order chi connectivity index (χ1) is 8.36. The monoisotopic (exact) mass is 237 g/mol. The highest BCUT2D eigenvalue weighted by atomic mass is 16.5. The highest BCUT2D eigenvalue weighted by molar-refractivity contribution is 5.36. The van der Waals surface area contributed by atoms with Crippen LogP contribution in [0.5, 0.6) is 5.88 Å². The van der Waals surface area contributed by atoms with Gasteiger partial charge in [-0.3, -0.25) is 0 Å². The fourth-order valence-electron chi connectivity index (χ4n) is 1.58. The average Bonchev–Trinajstić information content (AvgIpc) is 2.35. The predicted molar refractivity (Wildman–Crippen MR) is 70.4 cm³/mol. The summed E-state index contributed by atoms with van der Waals surface area (Å²) in [5.41, 5.74) is 0. The lowest BCUT2D eigenvalue weighted by Crippen LogP contribution is -2.03. The van der Waals surface area contributed by atoms with Crippen LogP contribution in [0.4, 0.5) is 5.82 Å². The Bertz CT molecular complexity index is 304. The van der Waals surface area contributed by atoms with Gasteiger partial charge in [0.1, 0.15) is 12.1 Å². The third kappa shape index (κ3) is 6.09. The van der Waals surface area contributed by atoms with Crippen LogP contribution in [0.25, 0.3) is 0 Å². The van der Waals surface area contributed by atoms with Crippen molar-refractivity contribution in [2.24, 2.45) is 0 Å². The average molecular weight is 237 g/mol. The third-order valence-electron chi connectivity index (χ3n) is 2.50. The SMILES string of the molecule is CCCCCCCOc1cc(NCC)ncn1. The van der Waals surface area contributed by atoms with Crippen LogP contribution < -0.4 is 10.1 Å². The number of anilines is 1. The molecule has 1 aromatic rings. The minimum atomic E-state index is 0.659. The largest absolute Gasteiger partial charge is 0.478 e. The summed E-state index contributed by atoms with van der Waals surface area (Å²) in [6.07, 6.45) is 7.76. The summed E-state index contributed by atoms with van der Waals surface area (Å²) in [7, 11) is 0. The Morgan fingerprint density at radius 2 is 1.94 bits per heavy atom. The molecule has 0 spiro atoms. The minimum Gasteiger partial charge on any atom is -0.478 e. The summed E-state index contributed by atoms with van der Waals surface area (Å²) in [6.45, 7) is 5.86. The Labute approximate surface area is 104 Å². The van der Waals surface area contributed by atoms with Crippen LogP contribution in [0.1, 0.15) is 46.0 Å². The van der Waals surface area contributed by atoms with Crippen LogP contribution in [-0.4, -0.2) is 23.1 Å². The van der Waals surface area contributed by atoms with Gasteiger partial charge in [-0.2, -0.15) is 0 Å². The molecule has 0 aliphatic rings. The zero-order valence-electron chi connectivity index (χ0n) is 10.9. The summed E-state index contributed by atoms with van der Waals surface area (Å²) in [4.78, 5) is 8.18. The second-order valence-electron chi connectivity index (χ2n) is 4.03. The number of rotatable bonds is 9. The number of aromatic nitrogens is 2. The molecule has 4 heteroatoms. The van der Waals surface area contributed by atoms with Crippen molar-refractivity contribution in [1.29, 1.82) is 0 Å². The van der Waals surface area contributed by atoms with Crippen LogP contribution in [0, 0.1) is 0 Å². The first-order valence-electron chi connectivity index (χ1n) is 6.55. The summed E-state index contributed by atoms with van der Waals surface area (Å²) >= 11 is 0. The van der Waals surface area contributed by atoms with Crippen LogP contribution in [0.2, 0.25) is 0 Å². The van der Waals surface area contributed by atoms with E-state index < -0.39 is 0 Å². The molecule has 0 saturated heterocycles. The van der Waals surface area contributed by atoms with E-state index in [0.717, 1.165) is 25.4 Å². The highest BCUT2D eigenvalue weighted by Crippen LogP contribution is 2.11. The number of nitrogens with one attached hydrogen (secondary N) is 1. The number of ether oxygens (including phenoxy) is 1. The smallest absolute Gasteiger partial charge is 0.218 e. The van der Waals surface area contributed by atoms with Gasteiger partial charge >= 0.3 is 0 Å². The topological polar surface area (TPSA) is 47.0 Å². The van der Waals surface area contributed by atoms with E-state index in [9.17, 15) is 0 Å². The molecular formula is C13H23N3O. The maximum Gasteiger partial charge on any atom is 0.218 e. The van der Waals surface area contributed by atoms with Gasteiger partial charge in [-0.25, -0.2) is 9.97 Å². The van der Waals surface area contributed by atoms with Gasteiger partial charge in [0.15, 0.2) is 0 Å². The second kappa shape index (κ2) is 8.79. The molecule has 0 bridgehead atoms. The first kappa shape index (κ1) is 13.7. The molecule has 1 N–H and O–H groups in total. The quantitative estimate of drug-likeness (QED) is 0.670. The van der Waals surface area contributed by atoms with Gasteiger partial charge in [-0.1, -0.05) is 32.6 Å². The fraction of sp³-hybridized carbons (Fsp3) is 0.692. The van der Waals surface area contributed by atoms with Crippen molar-refractivity contribution >= 4 is 5.82 Å². The van der Waals surface area contributed by atoms with Gasteiger partial charge in [0, 0.05) is 12.6 Å². The second-order valence-corrected chi connectivity index (χ2v) is 4.03. The van der Waals surface area contributed by atoms with E-state index in [4.69, 9.17) is 4.74 Å². The van der Waals surface area contributed by atoms with E-state index in [2.05, 4.69) is 22.2 Å². The maximum atomic E-state index is 5.58. The molecule has 0 unspecified atom stereocenters. The number of nitrogens with zero attached hydrogens (tertiary/aromatic N) is 2. The Morgan fingerprint density at radius 3 is 2.71 bits per heavy atom. The molecule has 0 aromatic carbocycles. The number of hydrogen-bond donors (Lipinski definition) is 1. The molecule has 96 valence electrons. The van der Waals surface area contributed by atoms with Gasteiger partial charge < -0.3 is 10.1 Å². The molecule has 1 aromatic heterocycles. The van der Waals surface area contributed by atoms with Crippen molar-refractivity contribution in [1.82, 2.24) is 9.97 Å². The summed E-state index contributed by atoms with van der Waals surface area (Å²) < 4.78 is 5.58. The first-order valence-corrected chi connectivity index (χ1v) is 6.55. The molecule has 1 rings (SSSR count). The van der Waals surface area contributed by atoms with Crippen molar-refractivity contribution in [3.8, 4) is 5.88 Å². The fourth-order valence-corrected chi connectivity index (χ4v) is 1.58. The van der Waals surface area contributed by atoms with Gasteiger partial charge in [-0.15, -0.1) is 0 Å². The number of hydrogen-bond acceptors (Lipinski definition) is 4. The minimum absolute atomic E-state index is 0.659. The Hall–Kier alpha value is -1.32. The van der Waals surface area contributed by atoms with Crippen LogP contribution in [0.15, 0.2) is 12.4 Å². The zero-order chi connectivity index (χ0) is 12.3. The van der Waals surface area contributed by atoms with Crippen molar-refractivity contribution in [3.05, 3.63) is 12.4 Å². The Morgan fingerprint density at radius 1 is 1.12 bits per heavy atom. The molecule has 0 atom stereocenters. The van der Waals surface area contributed by atoms with Crippen molar-refractivity contribution in [2.45, 2.75) is 46.0 Å². The normalized spacial score (nSPS) is 10.2. The van der Waals surface area contributed by atoms with Crippen molar-refractivity contribution in [2.75, 3.05) is 18.5 Å². The maximum absolute atomic E-state index is 5.58. The van der Waals surface area contributed by atoms with Gasteiger partial charge in [-0.05, 0) is 13.3 Å². The molecule has 0 amide bonds. The molecule has 0 radical (unpaired) electrons. The summed E-state index contributed by atoms with van der Waals surface area (Å²) in [5.74, 6) is 1.48. The summed E-state index contributed by atoms with van der Waals surface area (Å²) in [6, 6.07) is 1.84. The van der Waals surface area contributed by atoms with E-state index in [-0.39, 0.29) is 0 Å². The molecule has 1 heterocycles. The molecule has 17 heavy (non-hydrogen) atoms. The highest BCUT2D eigenvalue weighted by Gasteiger charge is 1.98. The predicted octanol–water partition coefficient (Wildman–Crippen LogP) is 3.26. The zero-order valence-corrected chi connectivity index (χ0v) is 10.9. The van der Waals surface area contributed by atoms with Crippen molar-refractivity contribution < 1.29 is 4.74 Å². The molecular weight excluding hydrogens is 214 g/mol. The molecule has 0 aliphatic heterocycles. The van der Waals surface area contributed by atoms with Gasteiger partial charge in [0.2, 0.25) is 5.88 Å². The van der Waals surface area contributed by atoms with E-state index in [1.165, 1.54) is 32.0 Å². The molecule has 0 fully saturated rings. The Balaban J connectivity index is 2.19. The Kier molecular flexibility index (Phi) is 7.11. The van der Waals surface area contributed by atoms with Crippen LogP contribution >= 0.6 is 0 Å². The molecule has 0 aliphatic carbocycles. The van der Waals surface area contributed by atoms with E-state index in [1.807, 2.05) is 13.0 Å². The van der Waals surface area contributed by atoms with E-state index in [0.29, 0.717) is 5.88 Å².